The molecule has 1 heterocycles. The van der Waals surface area contributed by atoms with Gasteiger partial charge >= 0.3 is 0 Å². The smallest absolute Gasteiger partial charge is 0.150 e. The average molecular weight is 548 g/mol. The van der Waals surface area contributed by atoms with Crippen molar-refractivity contribution in [3.05, 3.63) is 166 Å². The Morgan fingerprint density at radius 1 is 0.488 bits per heavy atom. The standard InChI is InChI=1S/C38H26ClNO/c39-35-14-6-13-34-37(35)41-36-28(27-21-19-26(20-22-27)25-17-15-24(23-40)16-18-25)9-5-12-33(36)38(34)31-10-3-1-7-29(31)30-8-2-4-11-32(30)38/h1-22H,23,40H2. The van der Waals surface area contributed by atoms with E-state index in [9.17, 15) is 0 Å². The molecule has 0 saturated heterocycles. The van der Waals surface area contributed by atoms with Crippen molar-refractivity contribution in [3.8, 4) is 44.9 Å². The van der Waals surface area contributed by atoms with E-state index in [1.165, 1.54) is 27.8 Å². The van der Waals surface area contributed by atoms with Gasteiger partial charge < -0.3 is 10.5 Å². The summed E-state index contributed by atoms with van der Waals surface area (Å²) in [5.41, 5.74) is 18.0. The summed E-state index contributed by atoms with van der Waals surface area (Å²) in [6.07, 6.45) is 0. The highest BCUT2D eigenvalue weighted by Crippen LogP contribution is 2.63. The van der Waals surface area contributed by atoms with E-state index in [-0.39, 0.29) is 0 Å². The molecular weight excluding hydrogens is 522 g/mol. The van der Waals surface area contributed by atoms with Crippen molar-refractivity contribution in [3.63, 3.8) is 0 Å². The van der Waals surface area contributed by atoms with E-state index in [1.807, 2.05) is 12.1 Å². The highest BCUT2D eigenvalue weighted by molar-refractivity contribution is 6.32. The van der Waals surface area contributed by atoms with Crippen molar-refractivity contribution in [1.82, 2.24) is 0 Å². The van der Waals surface area contributed by atoms with Crippen molar-refractivity contribution < 1.29 is 4.74 Å². The quantitative estimate of drug-likeness (QED) is 0.239. The van der Waals surface area contributed by atoms with Crippen molar-refractivity contribution in [1.29, 1.82) is 0 Å². The SMILES string of the molecule is NCc1ccc(-c2ccc(-c3cccc4c3Oc3c(Cl)cccc3C43c4ccccc4-c4ccccc43)cc2)cc1. The van der Waals surface area contributed by atoms with E-state index in [4.69, 9.17) is 22.1 Å². The molecule has 2 N–H and O–H groups in total. The van der Waals surface area contributed by atoms with Crippen molar-refractivity contribution >= 4 is 11.6 Å². The van der Waals surface area contributed by atoms with Crippen LogP contribution in [0.4, 0.5) is 0 Å². The van der Waals surface area contributed by atoms with E-state index >= 15 is 0 Å². The number of halogens is 1. The molecule has 1 spiro atoms. The average Bonchev–Trinajstić information content (AvgIpc) is 3.33. The van der Waals surface area contributed by atoms with E-state index in [1.54, 1.807) is 0 Å². The summed E-state index contributed by atoms with van der Waals surface area (Å²) in [7, 11) is 0. The molecule has 6 aromatic carbocycles. The molecule has 41 heavy (non-hydrogen) atoms. The molecule has 8 rings (SSSR count). The third-order valence-corrected chi connectivity index (χ3v) is 8.96. The second-order valence-electron chi connectivity index (χ2n) is 10.7. The summed E-state index contributed by atoms with van der Waals surface area (Å²) in [6, 6.07) is 47.2. The van der Waals surface area contributed by atoms with Gasteiger partial charge in [0.25, 0.3) is 0 Å². The predicted molar refractivity (Wildman–Crippen MR) is 168 cm³/mol. The van der Waals surface area contributed by atoms with Crippen LogP contribution in [0.3, 0.4) is 0 Å². The maximum Gasteiger partial charge on any atom is 0.150 e. The van der Waals surface area contributed by atoms with Gasteiger partial charge in [0, 0.05) is 23.2 Å². The monoisotopic (exact) mass is 547 g/mol. The van der Waals surface area contributed by atoms with Crippen LogP contribution < -0.4 is 10.5 Å². The van der Waals surface area contributed by atoms with Gasteiger partial charge in [-0.25, -0.2) is 0 Å². The first-order chi connectivity index (χ1) is 20.2. The molecule has 6 aromatic rings. The maximum atomic E-state index is 6.90. The molecule has 0 atom stereocenters. The molecule has 3 heteroatoms. The molecule has 0 saturated carbocycles. The lowest BCUT2D eigenvalue weighted by molar-refractivity contribution is 0.438. The van der Waals surface area contributed by atoms with Crippen LogP contribution in [0.15, 0.2) is 133 Å². The zero-order valence-electron chi connectivity index (χ0n) is 22.3. The molecule has 0 aromatic heterocycles. The lowest BCUT2D eigenvalue weighted by Crippen LogP contribution is -2.32. The Labute approximate surface area is 244 Å². The Kier molecular flexibility index (Phi) is 5.43. The lowest BCUT2D eigenvalue weighted by Gasteiger charge is -2.40. The topological polar surface area (TPSA) is 35.2 Å². The Bertz CT molecular complexity index is 1910. The maximum absolute atomic E-state index is 6.90. The Morgan fingerprint density at radius 2 is 0.976 bits per heavy atom. The van der Waals surface area contributed by atoms with Gasteiger partial charge in [-0.1, -0.05) is 139 Å². The van der Waals surface area contributed by atoms with Gasteiger partial charge in [0.2, 0.25) is 0 Å². The molecule has 2 nitrogen and oxygen atoms in total. The third-order valence-electron chi connectivity index (χ3n) is 8.67. The fourth-order valence-corrected chi connectivity index (χ4v) is 7.03. The number of hydrogen-bond acceptors (Lipinski definition) is 2. The van der Waals surface area contributed by atoms with Crippen LogP contribution in [-0.2, 0) is 12.0 Å². The minimum Gasteiger partial charge on any atom is -0.454 e. The Hall–Kier alpha value is -4.63. The van der Waals surface area contributed by atoms with Gasteiger partial charge in [-0.05, 0) is 50.6 Å². The molecule has 0 bridgehead atoms. The van der Waals surface area contributed by atoms with E-state index in [0.717, 1.165) is 44.9 Å². The zero-order chi connectivity index (χ0) is 27.6. The fourth-order valence-electron chi connectivity index (χ4n) is 6.82. The van der Waals surface area contributed by atoms with Gasteiger partial charge in [0.05, 0.1) is 10.4 Å². The zero-order valence-corrected chi connectivity index (χ0v) is 23.0. The minimum atomic E-state index is -0.540. The van der Waals surface area contributed by atoms with E-state index in [0.29, 0.717) is 11.6 Å². The van der Waals surface area contributed by atoms with Crippen molar-refractivity contribution in [2.45, 2.75) is 12.0 Å². The second kappa shape index (κ2) is 9.21. The summed E-state index contributed by atoms with van der Waals surface area (Å²) >= 11 is 6.90. The molecule has 1 aliphatic carbocycles. The second-order valence-corrected chi connectivity index (χ2v) is 11.1. The summed E-state index contributed by atoms with van der Waals surface area (Å²) in [5.74, 6) is 1.57. The van der Waals surface area contributed by atoms with E-state index < -0.39 is 5.41 Å². The van der Waals surface area contributed by atoms with Crippen LogP contribution >= 0.6 is 11.6 Å². The molecular formula is C38H26ClNO. The first-order valence-electron chi connectivity index (χ1n) is 13.9. The molecule has 196 valence electrons. The fraction of sp³-hybridized carbons (Fsp3) is 0.0526. The molecule has 0 unspecified atom stereocenters. The normalized spacial score (nSPS) is 13.6. The number of nitrogens with two attached hydrogens (primary N) is 1. The number of para-hydroxylation sites is 2. The summed E-state index contributed by atoms with van der Waals surface area (Å²) < 4.78 is 6.81. The highest BCUT2D eigenvalue weighted by atomic mass is 35.5. The predicted octanol–water partition coefficient (Wildman–Crippen LogP) is 9.60. The summed E-state index contributed by atoms with van der Waals surface area (Å²) in [6.45, 7) is 0.544. The lowest BCUT2D eigenvalue weighted by atomic mass is 9.65. The number of hydrogen-bond donors (Lipinski definition) is 1. The molecule has 0 amide bonds. The van der Waals surface area contributed by atoms with Gasteiger partial charge in [-0.15, -0.1) is 0 Å². The minimum absolute atomic E-state index is 0.540. The highest BCUT2D eigenvalue weighted by Gasteiger charge is 2.51. The first-order valence-corrected chi connectivity index (χ1v) is 14.3. The Morgan fingerprint density at radius 3 is 1.61 bits per heavy atom. The van der Waals surface area contributed by atoms with Crippen molar-refractivity contribution in [2.75, 3.05) is 0 Å². The summed E-state index contributed by atoms with van der Waals surface area (Å²) in [4.78, 5) is 0. The third kappa shape index (κ3) is 3.42. The van der Waals surface area contributed by atoms with Crippen LogP contribution in [0, 0.1) is 0 Å². The van der Waals surface area contributed by atoms with Crippen LogP contribution in [0.1, 0.15) is 27.8 Å². The number of rotatable bonds is 3. The molecule has 2 aliphatic rings. The van der Waals surface area contributed by atoms with Crippen molar-refractivity contribution in [2.24, 2.45) is 5.73 Å². The molecule has 0 radical (unpaired) electrons. The molecule has 1 aliphatic heterocycles. The van der Waals surface area contributed by atoms with Gasteiger partial charge in [0.15, 0.2) is 5.75 Å². The number of fused-ring (bicyclic) bond motifs is 9. The van der Waals surface area contributed by atoms with Crippen LogP contribution in [0.25, 0.3) is 33.4 Å². The first kappa shape index (κ1) is 24.2. The summed E-state index contributed by atoms with van der Waals surface area (Å²) in [5, 5.41) is 0.612. The van der Waals surface area contributed by atoms with Gasteiger partial charge in [-0.2, -0.15) is 0 Å². The van der Waals surface area contributed by atoms with Crippen LogP contribution in [-0.4, -0.2) is 0 Å². The number of ether oxygens (including phenoxy) is 1. The van der Waals surface area contributed by atoms with Crippen LogP contribution in [0.5, 0.6) is 11.5 Å². The van der Waals surface area contributed by atoms with Gasteiger partial charge in [0.1, 0.15) is 5.75 Å². The van der Waals surface area contributed by atoms with E-state index in [2.05, 4.69) is 121 Å². The van der Waals surface area contributed by atoms with Crippen LogP contribution in [0.2, 0.25) is 5.02 Å². The molecule has 0 fully saturated rings. The number of benzene rings is 6. The van der Waals surface area contributed by atoms with Gasteiger partial charge in [-0.3, -0.25) is 0 Å². The largest absolute Gasteiger partial charge is 0.454 e. The Balaban J connectivity index is 1.36.